The highest BCUT2D eigenvalue weighted by atomic mass is 16.2. The van der Waals surface area contributed by atoms with Gasteiger partial charge in [-0.3, -0.25) is 14.3 Å². The predicted molar refractivity (Wildman–Crippen MR) is 97.6 cm³/mol. The standard InChI is InChI=1S/C20H20N4O2/c25-19-11-17-7-10-22(20(26)15-24-9-4-8-21-24)13-18(17)14-23(19)12-16-5-2-1-3-6-16/h1-6,8-9,11,14H,7,10,12-13,15H2. The Morgan fingerprint density at radius 3 is 2.73 bits per heavy atom. The third kappa shape index (κ3) is 3.44. The normalized spacial score (nSPS) is 13.5. The molecule has 4 rings (SSSR count). The number of nitrogens with zero attached hydrogens (tertiary/aromatic N) is 4. The molecule has 0 unspecified atom stereocenters. The van der Waals surface area contributed by atoms with Crippen molar-refractivity contribution in [1.29, 1.82) is 0 Å². The predicted octanol–water partition coefficient (Wildman–Crippen LogP) is 1.68. The summed E-state index contributed by atoms with van der Waals surface area (Å²) in [6.45, 7) is 1.94. The number of benzene rings is 1. The molecule has 132 valence electrons. The van der Waals surface area contributed by atoms with Gasteiger partial charge in [0.05, 0.1) is 6.54 Å². The van der Waals surface area contributed by atoms with Crippen LogP contribution < -0.4 is 5.56 Å². The number of carbonyl (C=O) groups is 1. The number of hydrogen-bond donors (Lipinski definition) is 0. The Hall–Kier alpha value is -3.15. The number of carbonyl (C=O) groups excluding carboxylic acids is 1. The number of amides is 1. The topological polar surface area (TPSA) is 60.1 Å². The van der Waals surface area contributed by atoms with Crippen molar-refractivity contribution in [3.63, 3.8) is 0 Å². The molecule has 2 aromatic heterocycles. The SMILES string of the molecule is O=C(Cn1cccn1)N1CCc2cc(=O)n(Cc3ccccc3)cc2C1. The average Bonchev–Trinajstić information content (AvgIpc) is 3.16. The summed E-state index contributed by atoms with van der Waals surface area (Å²) in [6.07, 6.45) is 6.06. The molecule has 6 nitrogen and oxygen atoms in total. The average molecular weight is 348 g/mol. The molecular weight excluding hydrogens is 328 g/mol. The quantitative estimate of drug-likeness (QED) is 0.721. The van der Waals surface area contributed by atoms with Crippen molar-refractivity contribution in [3.8, 4) is 0 Å². The Morgan fingerprint density at radius 2 is 1.96 bits per heavy atom. The highest BCUT2D eigenvalue weighted by Crippen LogP contribution is 2.18. The third-order valence-electron chi connectivity index (χ3n) is 4.72. The van der Waals surface area contributed by atoms with Crippen molar-refractivity contribution in [3.05, 3.63) is 88.1 Å². The summed E-state index contributed by atoms with van der Waals surface area (Å²) >= 11 is 0. The molecule has 6 heteroatoms. The van der Waals surface area contributed by atoms with Crippen LogP contribution in [0.1, 0.15) is 16.7 Å². The van der Waals surface area contributed by atoms with Gasteiger partial charge in [0.2, 0.25) is 5.91 Å². The summed E-state index contributed by atoms with van der Waals surface area (Å²) in [6, 6.07) is 13.4. The van der Waals surface area contributed by atoms with E-state index in [1.807, 2.05) is 41.4 Å². The Bertz CT molecular complexity index is 961. The molecule has 1 aliphatic heterocycles. The zero-order valence-corrected chi connectivity index (χ0v) is 14.4. The van der Waals surface area contributed by atoms with Gasteiger partial charge in [0.15, 0.2) is 0 Å². The van der Waals surface area contributed by atoms with Crippen LogP contribution in [0.15, 0.2) is 65.8 Å². The lowest BCUT2D eigenvalue weighted by Gasteiger charge is -2.29. The molecule has 3 heterocycles. The van der Waals surface area contributed by atoms with E-state index in [-0.39, 0.29) is 18.0 Å². The van der Waals surface area contributed by atoms with Crippen LogP contribution >= 0.6 is 0 Å². The van der Waals surface area contributed by atoms with Crippen LogP contribution in [0.5, 0.6) is 0 Å². The van der Waals surface area contributed by atoms with Gasteiger partial charge in [0.1, 0.15) is 6.54 Å². The first-order chi connectivity index (χ1) is 12.7. The molecule has 0 spiro atoms. The molecule has 1 aliphatic rings. The van der Waals surface area contributed by atoms with Gasteiger partial charge in [-0.15, -0.1) is 0 Å². The van der Waals surface area contributed by atoms with E-state index in [0.29, 0.717) is 26.1 Å². The van der Waals surface area contributed by atoms with Crippen LogP contribution in [0.25, 0.3) is 0 Å². The van der Waals surface area contributed by atoms with Gasteiger partial charge in [-0.2, -0.15) is 5.10 Å². The molecule has 26 heavy (non-hydrogen) atoms. The number of aromatic nitrogens is 3. The molecule has 3 aromatic rings. The van der Waals surface area contributed by atoms with Crippen molar-refractivity contribution in [2.24, 2.45) is 0 Å². The summed E-state index contributed by atoms with van der Waals surface area (Å²) in [7, 11) is 0. The van der Waals surface area contributed by atoms with Crippen molar-refractivity contribution in [2.75, 3.05) is 6.54 Å². The summed E-state index contributed by atoms with van der Waals surface area (Å²) in [5.41, 5.74) is 3.17. The molecule has 0 bridgehead atoms. The Kier molecular flexibility index (Phi) is 4.39. The van der Waals surface area contributed by atoms with Gasteiger partial charge >= 0.3 is 0 Å². The third-order valence-corrected chi connectivity index (χ3v) is 4.72. The minimum atomic E-state index is 0.00363. The second-order valence-corrected chi connectivity index (χ2v) is 6.54. The van der Waals surface area contributed by atoms with E-state index >= 15 is 0 Å². The number of fused-ring (bicyclic) bond motifs is 1. The Morgan fingerprint density at radius 1 is 1.12 bits per heavy atom. The minimum Gasteiger partial charge on any atom is -0.336 e. The largest absolute Gasteiger partial charge is 0.336 e. The summed E-state index contributed by atoms with van der Waals surface area (Å²) < 4.78 is 3.35. The van der Waals surface area contributed by atoms with Crippen LogP contribution in [0.2, 0.25) is 0 Å². The summed E-state index contributed by atoms with van der Waals surface area (Å²) in [5.74, 6) is 0.0418. The fourth-order valence-electron chi connectivity index (χ4n) is 3.32. The molecule has 1 aromatic carbocycles. The molecule has 0 N–H and O–H groups in total. The monoisotopic (exact) mass is 348 g/mol. The zero-order valence-electron chi connectivity index (χ0n) is 14.4. The van der Waals surface area contributed by atoms with E-state index in [1.54, 1.807) is 33.8 Å². The first-order valence-corrected chi connectivity index (χ1v) is 8.70. The van der Waals surface area contributed by atoms with Crippen molar-refractivity contribution >= 4 is 5.91 Å². The van der Waals surface area contributed by atoms with E-state index < -0.39 is 0 Å². The Balaban J connectivity index is 1.53. The van der Waals surface area contributed by atoms with Gasteiger partial charge in [-0.25, -0.2) is 0 Å². The van der Waals surface area contributed by atoms with Gasteiger partial charge < -0.3 is 9.47 Å². The highest BCUT2D eigenvalue weighted by molar-refractivity contribution is 5.76. The summed E-state index contributed by atoms with van der Waals surface area (Å²) in [5, 5.41) is 4.09. The molecule has 0 atom stereocenters. The molecule has 0 saturated carbocycles. The maximum atomic E-state index is 12.5. The number of hydrogen-bond acceptors (Lipinski definition) is 3. The van der Waals surface area contributed by atoms with Crippen molar-refractivity contribution < 1.29 is 4.79 Å². The van der Waals surface area contributed by atoms with E-state index in [1.165, 1.54) is 0 Å². The van der Waals surface area contributed by atoms with Crippen LogP contribution in [0.4, 0.5) is 0 Å². The fourth-order valence-corrected chi connectivity index (χ4v) is 3.32. The number of pyridine rings is 1. The van der Waals surface area contributed by atoms with Crippen molar-refractivity contribution in [2.45, 2.75) is 26.1 Å². The van der Waals surface area contributed by atoms with E-state index in [4.69, 9.17) is 0 Å². The molecule has 0 fully saturated rings. The molecule has 1 amide bonds. The first kappa shape index (κ1) is 16.3. The van der Waals surface area contributed by atoms with E-state index in [2.05, 4.69) is 5.10 Å². The van der Waals surface area contributed by atoms with Gasteiger partial charge in [-0.1, -0.05) is 30.3 Å². The first-order valence-electron chi connectivity index (χ1n) is 8.70. The molecule has 0 saturated heterocycles. The van der Waals surface area contributed by atoms with Gasteiger partial charge in [0, 0.05) is 37.7 Å². The van der Waals surface area contributed by atoms with Gasteiger partial charge in [-0.05, 0) is 29.2 Å². The van der Waals surface area contributed by atoms with Crippen LogP contribution in [0, 0.1) is 0 Å². The fraction of sp³-hybridized carbons (Fsp3) is 0.250. The molecule has 0 radical (unpaired) electrons. The van der Waals surface area contributed by atoms with Crippen LogP contribution in [0.3, 0.4) is 0 Å². The lowest BCUT2D eigenvalue weighted by atomic mass is 10.0. The van der Waals surface area contributed by atoms with Gasteiger partial charge in [0.25, 0.3) is 5.56 Å². The van der Waals surface area contributed by atoms with Crippen LogP contribution in [-0.4, -0.2) is 31.7 Å². The maximum absolute atomic E-state index is 12.5. The van der Waals surface area contributed by atoms with Crippen molar-refractivity contribution in [1.82, 2.24) is 19.2 Å². The second-order valence-electron chi connectivity index (χ2n) is 6.54. The van der Waals surface area contributed by atoms with E-state index in [0.717, 1.165) is 16.7 Å². The summed E-state index contributed by atoms with van der Waals surface area (Å²) in [4.78, 5) is 26.7. The highest BCUT2D eigenvalue weighted by Gasteiger charge is 2.22. The Labute approximate surface area is 151 Å². The van der Waals surface area contributed by atoms with E-state index in [9.17, 15) is 9.59 Å². The lowest BCUT2D eigenvalue weighted by Crippen LogP contribution is -2.39. The molecule has 0 aliphatic carbocycles. The zero-order chi connectivity index (χ0) is 17.9. The minimum absolute atomic E-state index is 0.00363. The smallest absolute Gasteiger partial charge is 0.251 e. The second kappa shape index (κ2) is 7.00. The van der Waals surface area contributed by atoms with Crippen LogP contribution in [-0.2, 0) is 30.8 Å². The molecular formula is C20H20N4O2. The number of rotatable bonds is 4. The lowest BCUT2D eigenvalue weighted by molar-refractivity contribution is -0.133. The maximum Gasteiger partial charge on any atom is 0.251 e.